The first-order valence-electron chi connectivity index (χ1n) is 10.1. The molecule has 0 aliphatic rings. The number of nitrogens with one attached hydrogen (secondary N) is 1. The molecule has 0 heterocycles. The monoisotopic (exact) mass is 467 g/mol. The maximum Gasteiger partial charge on any atom is 0.255 e. The number of phenolic OH excluding ortho intramolecular Hbond substituents is 1. The van der Waals surface area contributed by atoms with Gasteiger partial charge in [0.15, 0.2) is 0 Å². The van der Waals surface area contributed by atoms with Crippen molar-refractivity contribution < 1.29 is 23.1 Å². The maximum atomic E-state index is 13.4. The molecule has 0 saturated carbocycles. The van der Waals surface area contributed by atoms with E-state index in [1.165, 1.54) is 37.6 Å². The normalized spacial score (nSPS) is 11.6. The number of carbonyl (C=O) groups excluding carboxylic acids is 1. The summed E-state index contributed by atoms with van der Waals surface area (Å²) in [5.74, 6) is 0.0407. The lowest BCUT2D eigenvalue weighted by molar-refractivity contribution is -0.121. The van der Waals surface area contributed by atoms with Crippen molar-refractivity contribution in [3.8, 4) is 11.5 Å². The Morgan fingerprint density at radius 2 is 1.85 bits per heavy atom. The molecule has 0 radical (unpaired) electrons. The van der Waals surface area contributed by atoms with Crippen LogP contribution >= 0.6 is 0 Å². The number of hydrazone groups is 1. The molecule has 0 saturated heterocycles. The Balaban J connectivity index is 1.81. The third-order valence-corrected chi connectivity index (χ3v) is 6.59. The van der Waals surface area contributed by atoms with Crippen LogP contribution in [0.1, 0.15) is 16.7 Å². The number of ether oxygens (including phenoxy) is 1. The second kappa shape index (κ2) is 10.8. The Labute approximate surface area is 193 Å². The van der Waals surface area contributed by atoms with Crippen molar-refractivity contribution in [3.63, 3.8) is 0 Å². The lowest BCUT2D eigenvalue weighted by Gasteiger charge is -2.22. The van der Waals surface area contributed by atoms with Crippen molar-refractivity contribution in [2.75, 3.05) is 13.7 Å². The molecule has 9 heteroatoms. The molecule has 0 aliphatic heterocycles. The van der Waals surface area contributed by atoms with Crippen LogP contribution in [0.5, 0.6) is 11.5 Å². The number of nitrogens with zero attached hydrogens (tertiary/aromatic N) is 2. The van der Waals surface area contributed by atoms with E-state index in [2.05, 4.69) is 10.5 Å². The number of carbonyl (C=O) groups is 1. The molecule has 3 aromatic carbocycles. The zero-order chi connectivity index (χ0) is 23.8. The lowest BCUT2D eigenvalue weighted by Crippen LogP contribution is -2.39. The van der Waals surface area contributed by atoms with E-state index in [0.717, 1.165) is 9.87 Å². The molecule has 0 fully saturated rings. The Kier molecular flexibility index (Phi) is 7.81. The van der Waals surface area contributed by atoms with Crippen LogP contribution in [-0.2, 0) is 21.4 Å². The van der Waals surface area contributed by atoms with Crippen LogP contribution in [0.4, 0.5) is 0 Å². The highest BCUT2D eigenvalue weighted by atomic mass is 32.2. The molecule has 2 N–H and O–H groups in total. The van der Waals surface area contributed by atoms with Crippen LogP contribution in [0.15, 0.2) is 82.8 Å². The molecule has 3 aromatic rings. The lowest BCUT2D eigenvalue weighted by atomic mass is 10.2. The first kappa shape index (κ1) is 24.0. The molecular formula is C24H25N3O5S. The summed E-state index contributed by atoms with van der Waals surface area (Å²) in [5, 5.41) is 13.4. The second-order valence-corrected chi connectivity index (χ2v) is 9.22. The van der Waals surface area contributed by atoms with Crippen molar-refractivity contribution in [1.29, 1.82) is 0 Å². The summed E-state index contributed by atoms with van der Waals surface area (Å²) in [6.45, 7) is 1.33. The predicted molar refractivity (Wildman–Crippen MR) is 126 cm³/mol. The van der Waals surface area contributed by atoms with Crippen LogP contribution in [0.25, 0.3) is 0 Å². The maximum absolute atomic E-state index is 13.4. The number of hydrogen-bond acceptors (Lipinski definition) is 6. The molecule has 0 aromatic heterocycles. The molecule has 33 heavy (non-hydrogen) atoms. The number of aromatic hydroxyl groups is 1. The SMILES string of the molecule is COc1ccc(S(=O)(=O)N(CC(=O)NN=Cc2cccc(O)c2)Cc2ccccc2)cc1C. The third-order valence-electron chi connectivity index (χ3n) is 4.80. The summed E-state index contributed by atoms with van der Waals surface area (Å²) in [6.07, 6.45) is 1.36. The van der Waals surface area contributed by atoms with Crippen molar-refractivity contribution in [3.05, 3.63) is 89.5 Å². The number of benzene rings is 3. The van der Waals surface area contributed by atoms with Gasteiger partial charge in [0, 0.05) is 6.54 Å². The zero-order valence-electron chi connectivity index (χ0n) is 18.3. The van der Waals surface area contributed by atoms with E-state index in [1.807, 2.05) is 6.07 Å². The van der Waals surface area contributed by atoms with E-state index in [4.69, 9.17) is 4.74 Å². The molecule has 172 valence electrons. The highest BCUT2D eigenvalue weighted by Gasteiger charge is 2.27. The quantitative estimate of drug-likeness (QED) is 0.371. The summed E-state index contributed by atoms with van der Waals surface area (Å²) in [7, 11) is -2.48. The van der Waals surface area contributed by atoms with Gasteiger partial charge in [-0.1, -0.05) is 42.5 Å². The van der Waals surface area contributed by atoms with E-state index < -0.39 is 22.5 Å². The number of phenols is 1. The Hall–Kier alpha value is -3.69. The van der Waals surface area contributed by atoms with E-state index >= 15 is 0 Å². The van der Waals surface area contributed by atoms with Crippen LogP contribution in [-0.4, -0.2) is 43.6 Å². The average molecular weight is 468 g/mol. The van der Waals surface area contributed by atoms with Crippen molar-refractivity contribution in [2.24, 2.45) is 5.10 Å². The van der Waals surface area contributed by atoms with E-state index in [0.29, 0.717) is 16.9 Å². The van der Waals surface area contributed by atoms with Gasteiger partial charge in [0.25, 0.3) is 5.91 Å². The number of amides is 1. The van der Waals surface area contributed by atoms with Gasteiger partial charge >= 0.3 is 0 Å². The van der Waals surface area contributed by atoms with Gasteiger partial charge in [-0.2, -0.15) is 9.41 Å². The highest BCUT2D eigenvalue weighted by Crippen LogP contribution is 2.24. The summed E-state index contributed by atoms with van der Waals surface area (Å²) < 4.78 is 33.1. The van der Waals surface area contributed by atoms with E-state index in [1.54, 1.807) is 49.4 Å². The minimum Gasteiger partial charge on any atom is -0.508 e. The van der Waals surface area contributed by atoms with Crippen LogP contribution < -0.4 is 10.2 Å². The van der Waals surface area contributed by atoms with Gasteiger partial charge in [0.05, 0.1) is 24.8 Å². The minimum atomic E-state index is -3.99. The number of aryl methyl sites for hydroxylation is 1. The number of methoxy groups -OCH3 is 1. The summed E-state index contributed by atoms with van der Waals surface area (Å²) >= 11 is 0. The largest absolute Gasteiger partial charge is 0.508 e. The highest BCUT2D eigenvalue weighted by molar-refractivity contribution is 7.89. The number of sulfonamides is 1. The smallest absolute Gasteiger partial charge is 0.255 e. The third kappa shape index (κ3) is 6.41. The molecule has 0 spiro atoms. The number of rotatable bonds is 9. The molecule has 8 nitrogen and oxygen atoms in total. The molecule has 0 atom stereocenters. The van der Waals surface area contributed by atoms with Crippen molar-refractivity contribution >= 4 is 22.1 Å². The molecular weight excluding hydrogens is 442 g/mol. The molecule has 0 unspecified atom stereocenters. The van der Waals surface area contributed by atoms with Gasteiger partial charge in [-0.25, -0.2) is 13.8 Å². The Bertz CT molecular complexity index is 1240. The van der Waals surface area contributed by atoms with Crippen molar-refractivity contribution in [1.82, 2.24) is 9.73 Å². The average Bonchev–Trinajstić information content (AvgIpc) is 2.79. The Morgan fingerprint density at radius 3 is 2.52 bits per heavy atom. The first-order valence-corrected chi connectivity index (χ1v) is 11.5. The topological polar surface area (TPSA) is 108 Å². The molecule has 1 amide bonds. The van der Waals surface area contributed by atoms with Crippen LogP contribution in [0.2, 0.25) is 0 Å². The van der Waals surface area contributed by atoms with Gasteiger partial charge in [0.1, 0.15) is 11.5 Å². The predicted octanol–water partition coefficient (Wildman–Crippen LogP) is 3.05. The number of hydrogen-bond donors (Lipinski definition) is 2. The minimum absolute atomic E-state index is 0.0118. The molecule has 0 bridgehead atoms. The summed E-state index contributed by atoms with van der Waals surface area (Å²) in [6, 6.07) is 19.9. The van der Waals surface area contributed by atoms with E-state index in [-0.39, 0.29) is 17.2 Å². The second-order valence-electron chi connectivity index (χ2n) is 7.28. The fourth-order valence-corrected chi connectivity index (χ4v) is 4.62. The first-order chi connectivity index (χ1) is 15.8. The standard InChI is InChI=1S/C24H25N3O5S/c1-18-13-22(11-12-23(18)32-2)33(30,31)27(16-19-7-4-3-5-8-19)17-24(29)26-25-15-20-9-6-10-21(28)14-20/h3-15,28H,16-17H2,1-2H3,(H,26,29). The fourth-order valence-electron chi connectivity index (χ4n) is 3.15. The fraction of sp³-hybridized carbons (Fsp3) is 0.167. The summed E-state index contributed by atoms with van der Waals surface area (Å²) in [5.41, 5.74) is 4.33. The van der Waals surface area contributed by atoms with Crippen LogP contribution in [0.3, 0.4) is 0 Å². The zero-order valence-corrected chi connectivity index (χ0v) is 19.1. The van der Waals surface area contributed by atoms with Gasteiger partial charge in [0.2, 0.25) is 10.0 Å². The Morgan fingerprint density at radius 1 is 1.09 bits per heavy atom. The van der Waals surface area contributed by atoms with Gasteiger partial charge in [-0.3, -0.25) is 4.79 Å². The molecule has 0 aliphatic carbocycles. The van der Waals surface area contributed by atoms with Gasteiger partial charge in [-0.05, 0) is 53.9 Å². The van der Waals surface area contributed by atoms with Crippen molar-refractivity contribution in [2.45, 2.75) is 18.4 Å². The van der Waals surface area contributed by atoms with E-state index in [9.17, 15) is 18.3 Å². The molecule has 3 rings (SSSR count). The summed E-state index contributed by atoms with van der Waals surface area (Å²) in [4.78, 5) is 12.6. The van der Waals surface area contributed by atoms with Crippen LogP contribution in [0, 0.1) is 6.92 Å². The van der Waals surface area contributed by atoms with Gasteiger partial charge < -0.3 is 9.84 Å². The van der Waals surface area contributed by atoms with Gasteiger partial charge in [-0.15, -0.1) is 0 Å².